The van der Waals surface area contributed by atoms with Crippen molar-refractivity contribution in [1.29, 1.82) is 0 Å². The van der Waals surface area contributed by atoms with Crippen LogP contribution >= 0.6 is 0 Å². The SMILES string of the molecule is C=CCNC(=O)C(=O)C(CC1CCC1)NC(=O)[C@@H]1[C@@H](C(C)C)CCN1C(=O)[C@@H](NC(=O)N[C@H](CN1CCCCC1=O)C1CCCCC1)C(C)(C)C. The topological polar surface area (TPSA) is 157 Å². The summed E-state index contributed by atoms with van der Waals surface area (Å²) in [6.45, 7) is 14.9. The normalized spacial score (nSPS) is 23.5. The van der Waals surface area contributed by atoms with E-state index in [9.17, 15) is 28.8 Å². The Hall–Kier alpha value is -3.44. The van der Waals surface area contributed by atoms with E-state index in [4.69, 9.17) is 0 Å². The van der Waals surface area contributed by atoms with Gasteiger partial charge in [0.1, 0.15) is 12.1 Å². The minimum atomic E-state index is -0.996. The molecule has 2 aliphatic carbocycles. The molecule has 0 spiro atoms. The summed E-state index contributed by atoms with van der Waals surface area (Å²) in [4.78, 5) is 84.7. The van der Waals surface area contributed by atoms with E-state index in [1.54, 1.807) is 4.90 Å². The zero-order chi connectivity index (χ0) is 37.3. The Kier molecular flexibility index (Phi) is 14.5. The minimum absolute atomic E-state index is 0.0633. The molecule has 6 amide bonds. The highest BCUT2D eigenvalue weighted by Crippen LogP contribution is 2.35. The Labute approximate surface area is 305 Å². The highest BCUT2D eigenvalue weighted by atomic mass is 16.2. The van der Waals surface area contributed by atoms with Crippen LogP contribution in [0.2, 0.25) is 0 Å². The summed E-state index contributed by atoms with van der Waals surface area (Å²) in [6.07, 6.45) is 13.1. The van der Waals surface area contributed by atoms with E-state index < -0.39 is 47.2 Å². The molecule has 0 aromatic rings. The molecule has 12 nitrogen and oxygen atoms in total. The van der Waals surface area contributed by atoms with Gasteiger partial charge in [-0.2, -0.15) is 0 Å². The number of Topliss-reactive ketones (excluding diaryl/α,β-unsaturated/α-hetero) is 1. The van der Waals surface area contributed by atoms with Crippen molar-refractivity contribution in [3.8, 4) is 0 Å². The molecule has 5 atom stereocenters. The molecule has 51 heavy (non-hydrogen) atoms. The summed E-state index contributed by atoms with van der Waals surface area (Å²) in [5.74, 6) is -1.76. The van der Waals surface area contributed by atoms with Crippen molar-refractivity contribution >= 4 is 35.4 Å². The van der Waals surface area contributed by atoms with Gasteiger partial charge in [0.05, 0.1) is 12.1 Å². The molecule has 0 bridgehead atoms. The van der Waals surface area contributed by atoms with Gasteiger partial charge in [0.15, 0.2) is 0 Å². The third-order valence-electron chi connectivity index (χ3n) is 11.7. The number of hydrogen-bond donors (Lipinski definition) is 4. The van der Waals surface area contributed by atoms with Crippen LogP contribution in [-0.2, 0) is 24.0 Å². The van der Waals surface area contributed by atoms with Gasteiger partial charge in [0.2, 0.25) is 23.5 Å². The number of urea groups is 1. The fourth-order valence-electron chi connectivity index (χ4n) is 8.36. The molecule has 4 aliphatic rings. The van der Waals surface area contributed by atoms with Crippen LogP contribution in [0.1, 0.15) is 118 Å². The van der Waals surface area contributed by atoms with Crippen LogP contribution in [0.15, 0.2) is 12.7 Å². The molecule has 4 fully saturated rings. The van der Waals surface area contributed by atoms with E-state index in [1.165, 1.54) is 12.5 Å². The molecule has 286 valence electrons. The maximum Gasteiger partial charge on any atom is 0.315 e. The standard InChI is InChI=1S/C39H64N6O6/c1-7-20-40-36(49)33(47)29(23-26-14-13-15-26)41-35(48)32-28(25(2)3)19-22-45(32)37(50)34(39(4,5)6)43-38(51)42-30(27-16-9-8-10-17-27)24-44-21-12-11-18-31(44)46/h7,25-30,32,34H,1,8-24H2,2-6H3,(H,40,49)(H,41,48)(H2,42,43,51)/t28-,29?,30-,32+,34-/m1/s1. The molecule has 12 heteroatoms. The first-order chi connectivity index (χ1) is 24.2. The van der Waals surface area contributed by atoms with Crippen LogP contribution in [0.3, 0.4) is 0 Å². The first-order valence-corrected chi connectivity index (χ1v) is 19.6. The van der Waals surface area contributed by atoms with Crippen molar-refractivity contribution in [2.24, 2.45) is 29.1 Å². The van der Waals surface area contributed by atoms with E-state index in [2.05, 4.69) is 27.8 Å². The first kappa shape index (κ1) is 40.3. The van der Waals surface area contributed by atoms with Gasteiger partial charge in [-0.3, -0.25) is 24.0 Å². The Morgan fingerprint density at radius 1 is 0.882 bits per heavy atom. The maximum absolute atomic E-state index is 14.5. The van der Waals surface area contributed by atoms with Gasteiger partial charge in [0, 0.05) is 32.6 Å². The summed E-state index contributed by atoms with van der Waals surface area (Å²) in [6, 6.07) is -3.49. The average Bonchev–Trinajstić information content (AvgIpc) is 3.53. The fourth-order valence-corrected chi connectivity index (χ4v) is 8.36. The zero-order valence-electron chi connectivity index (χ0n) is 31.8. The van der Waals surface area contributed by atoms with Crippen molar-refractivity contribution in [1.82, 2.24) is 31.1 Å². The van der Waals surface area contributed by atoms with E-state index >= 15 is 0 Å². The smallest absolute Gasteiger partial charge is 0.315 e. The van der Waals surface area contributed by atoms with Crippen LogP contribution in [0, 0.1) is 29.1 Å². The van der Waals surface area contributed by atoms with Gasteiger partial charge in [-0.25, -0.2) is 4.79 Å². The highest BCUT2D eigenvalue weighted by Gasteiger charge is 2.48. The second-order valence-electron chi connectivity index (χ2n) is 16.8. The molecule has 2 saturated heterocycles. The lowest BCUT2D eigenvalue weighted by Gasteiger charge is -2.39. The molecule has 1 unspecified atom stereocenters. The highest BCUT2D eigenvalue weighted by molar-refractivity contribution is 6.38. The van der Waals surface area contributed by atoms with Crippen LogP contribution in [0.5, 0.6) is 0 Å². The monoisotopic (exact) mass is 712 g/mol. The number of likely N-dealkylation sites (tertiary alicyclic amines) is 2. The number of amides is 6. The van der Waals surface area contributed by atoms with Crippen molar-refractivity contribution in [2.45, 2.75) is 142 Å². The summed E-state index contributed by atoms with van der Waals surface area (Å²) >= 11 is 0. The summed E-state index contributed by atoms with van der Waals surface area (Å²) in [7, 11) is 0. The third kappa shape index (κ3) is 10.8. The van der Waals surface area contributed by atoms with Gasteiger partial charge in [0.25, 0.3) is 5.91 Å². The Morgan fingerprint density at radius 2 is 1.59 bits per heavy atom. The molecule has 2 saturated carbocycles. The van der Waals surface area contributed by atoms with E-state index in [0.717, 1.165) is 57.8 Å². The molecule has 0 aromatic carbocycles. The average molecular weight is 713 g/mol. The van der Waals surface area contributed by atoms with Crippen LogP contribution in [0.4, 0.5) is 4.79 Å². The number of carbonyl (C=O) groups excluding carboxylic acids is 6. The minimum Gasteiger partial charge on any atom is -0.346 e. The second kappa shape index (κ2) is 18.4. The maximum atomic E-state index is 14.5. The number of carbonyl (C=O) groups is 6. The van der Waals surface area contributed by atoms with Crippen molar-refractivity contribution < 1.29 is 28.8 Å². The molecule has 2 heterocycles. The largest absolute Gasteiger partial charge is 0.346 e. The summed E-state index contributed by atoms with van der Waals surface area (Å²) in [5.41, 5.74) is -0.694. The molecule has 4 N–H and O–H groups in total. The van der Waals surface area contributed by atoms with Crippen LogP contribution in [0.25, 0.3) is 0 Å². The van der Waals surface area contributed by atoms with Crippen LogP contribution < -0.4 is 21.3 Å². The predicted molar refractivity (Wildman–Crippen MR) is 196 cm³/mol. The number of hydrogen-bond acceptors (Lipinski definition) is 6. The molecule has 0 aromatic heterocycles. The van der Waals surface area contributed by atoms with Crippen molar-refractivity contribution in [3.05, 3.63) is 12.7 Å². The second-order valence-corrected chi connectivity index (χ2v) is 16.8. The summed E-state index contributed by atoms with van der Waals surface area (Å²) in [5, 5.41) is 11.6. The fraction of sp³-hybridized carbons (Fsp3) is 0.795. The van der Waals surface area contributed by atoms with Crippen molar-refractivity contribution in [2.75, 3.05) is 26.2 Å². The lowest BCUT2D eigenvalue weighted by Crippen LogP contribution is -2.62. The van der Waals surface area contributed by atoms with Gasteiger partial charge in [-0.05, 0) is 67.6 Å². The number of piperidine rings is 1. The van der Waals surface area contributed by atoms with Gasteiger partial charge in [-0.15, -0.1) is 6.58 Å². The van der Waals surface area contributed by atoms with Crippen LogP contribution in [-0.4, -0.2) is 95.6 Å². The Bertz CT molecular complexity index is 1270. The molecule has 0 radical (unpaired) electrons. The van der Waals surface area contributed by atoms with Crippen molar-refractivity contribution in [3.63, 3.8) is 0 Å². The summed E-state index contributed by atoms with van der Waals surface area (Å²) < 4.78 is 0. The lowest BCUT2D eigenvalue weighted by atomic mass is 9.80. The molecular weight excluding hydrogens is 648 g/mol. The van der Waals surface area contributed by atoms with Gasteiger partial charge in [-0.1, -0.05) is 79.2 Å². The quantitative estimate of drug-likeness (QED) is 0.148. The molecular formula is C39H64N6O6. The van der Waals surface area contributed by atoms with E-state index in [-0.39, 0.29) is 48.1 Å². The Morgan fingerprint density at radius 3 is 2.18 bits per heavy atom. The number of ketones is 1. The molecule has 2 aliphatic heterocycles. The number of rotatable bonds is 15. The Balaban J connectivity index is 1.52. The number of nitrogens with zero attached hydrogens (tertiary/aromatic N) is 2. The van der Waals surface area contributed by atoms with Gasteiger partial charge >= 0.3 is 6.03 Å². The molecule has 4 rings (SSSR count). The lowest BCUT2D eigenvalue weighted by molar-refractivity contribution is -0.145. The number of nitrogens with one attached hydrogen (secondary N) is 4. The predicted octanol–water partition coefficient (Wildman–Crippen LogP) is 4.08. The third-order valence-corrected chi connectivity index (χ3v) is 11.7. The van der Waals surface area contributed by atoms with Gasteiger partial charge < -0.3 is 31.1 Å². The van der Waals surface area contributed by atoms with E-state index in [0.29, 0.717) is 38.9 Å². The van der Waals surface area contributed by atoms with E-state index in [1.807, 2.05) is 39.5 Å². The zero-order valence-corrected chi connectivity index (χ0v) is 31.8. The first-order valence-electron chi connectivity index (χ1n) is 19.6.